The molecular formula is C15H23BrN2. The van der Waals surface area contributed by atoms with Crippen molar-refractivity contribution in [2.75, 3.05) is 18.5 Å². The lowest BCUT2D eigenvalue weighted by Crippen LogP contribution is -2.33. The summed E-state index contributed by atoms with van der Waals surface area (Å²) in [6, 6.07) is 7.29. The summed E-state index contributed by atoms with van der Waals surface area (Å²) in [6.07, 6.45) is 5.37. The number of anilines is 1. The van der Waals surface area contributed by atoms with E-state index >= 15 is 0 Å². The van der Waals surface area contributed by atoms with Gasteiger partial charge in [-0.3, -0.25) is 0 Å². The molecule has 1 aliphatic heterocycles. The Bertz CT molecular complexity index is 392. The van der Waals surface area contributed by atoms with Gasteiger partial charge in [0.2, 0.25) is 0 Å². The third-order valence-corrected chi connectivity index (χ3v) is 4.27. The number of hydrogen-bond acceptors (Lipinski definition) is 2. The van der Waals surface area contributed by atoms with Gasteiger partial charge in [-0.2, -0.15) is 0 Å². The Morgan fingerprint density at radius 1 is 1.33 bits per heavy atom. The summed E-state index contributed by atoms with van der Waals surface area (Å²) >= 11 is 3.61. The molecule has 1 N–H and O–H groups in total. The second kappa shape index (κ2) is 6.58. The Labute approximate surface area is 119 Å². The maximum Gasteiger partial charge on any atom is 0.0425 e. The first kappa shape index (κ1) is 13.9. The molecule has 1 unspecified atom stereocenters. The lowest BCUT2D eigenvalue weighted by Gasteiger charge is -2.31. The van der Waals surface area contributed by atoms with Crippen LogP contribution < -0.4 is 10.2 Å². The van der Waals surface area contributed by atoms with Gasteiger partial charge in [-0.25, -0.2) is 0 Å². The topological polar surface area (TPSA) is 15.3 Å². The van der Waals surface area contributed by atoms with E-state index in [9.17, 15) is 0 Å². The van der Waals surface area contributed by atoms with Crippen molar-refractivity contribution >= 4 is 21.6 Å². The van der Waals surface area contributed by atoms with Crippen LogP contribution in [0.25, 0.3) is 0 Å². The third-order valence-electron chi connectivity index (χ3n) is 3.78. The van der Waals surface area contributed by atoms with Crippen molar-refractivity contribution in [1.82, 2.24) is 5.32 Å². The molecule has 0 saturated carbocycles. The lowest BCUT2D eigenvalue weighted by atomic mass is 10.1. The van der Waals surface area contributed by atoms with E-state index in [4.69, 9.17) is 0 Å². The van der Waals surface area contributed by atoms with Crippen LogP contribution in [0.3, 0.4) is 0 Å². The van der Waals surface area contributed by atoms with Gasteiger partial charge in [0.15, 0.2) is 0 Å². The highest BCUT2D eigenvalue weighted by atomic mass is 79.9. The minimum absolute atomic E-state index is 0.650. The van der Waals surface area contributed by atoms with Crippen molar-refractivity contribution < 1.29 is 0 Å². The summed E-state index contributed by atoms with van der Waals surface area (Å²) in [5, 5.41) is 3.27. The second-order valence-electron chi connectivity index (χ2n) is 5.20. The smallest absolute Gasteiger partial charge is 0.0425 e. The third kappa shape index (κ3) is 3.27. The van der Waals surface area contributed by atoms with E-state index in [-0.39, 0.29) is 0 Å². The summed E-state index contributed by atoms with van der Waals surface area (Å²) in [6.45, 7) is 4.48. The van der Waals surface area contributed by atoms with Crippen LogP contribution in [-0.4, -0.2) is 19.6 Å². The van der Waals surface area contributed by atoms with Gasteiger partial charge in [-0.15, -0.1) is 0 Å². The van der Waals surface area contributed by atoms with Gasteiger partial charge in [-0.05, 0) is 44.5 Å². The molecule has 1 atom stereocenters. The molecule has 1 heterocycles. The van der Waals surface area contributed by atoms with Crippen molar-refractivity contribution in [2.24, 2.45) is 0 Å². The zero-order valence-corrected chi connectivity index (χ0v) is 13.0. The SMILES string of the molecule is CNCc1ccc(Br)cc1N1CCCCCC1C. The van der Waals surface area contributed by atoms with E-state index in [1.807, 2.05) is 7.05 Å². The van der Waals surface area contributed by atoms with Crippen LogP contribution in [0.2, 0.25) is 0 Å². The predicted molar refractivity (Wildman–Crippen MR) is 82.2 cm³/mol. The number of halogens is 1. The molecule has 0 amide bonds. The van der Waals surface area contributed by atoms with Crippen molar-refractivity contribution in [3.8, 4) is 0 Å². The molecule has 1 saturated heterocycles. The summed E-state index contributed by atoms with van der Waals surface area (Å²) < 4.78 is 1.17. The van der Waals surface area contributed by atoms with Gasteiger partial charge in [0.05, 0.1) is 0 Å². The zero-order valence-electron chi connectivity index (χ0n) is 11.4. The molecular weight excluding hydrogens is 288 g/mol. The molecule has 0 aromatic heterocycles. The normalized spacial score (nSPS) is 20.8. The van der Waals surface area contributed by atoms with Gasteiger partial charge in [0, 0.05) is 29.3 Å². The average Bonchev–Trinajstić information content (AvgIpc) is 2.56. The standard InChI is InChI=1S/C15H23BrN2/c1-12-6-4-3-5-9-18(12)15-10-14(16)8-7-13(15)11-17-2/h7-8,10,12,17H,3-6,9,11H2,1-2H3. The molecule has 1 fully saturated rings. The molecule has 100 valence electrons. The number of rotatable bonds is 3. The molecule has 2 rings (SSSR count). The molecule has 1 aliphatic rings. The Morgan fingerprint density at radius 2 is 2.17 bits per heavy atom. The molecule has 0 bridgehead atoms. The molecule has 3 heteroatoms. The van der Waals surface area contributed by atoms with Crippen molar-refractivity contribution in [1.29, 1.82) is 0 Å². The molecule has 0 aliphatic carbocycles. The second-order valence-corrected chi connectivity index (χ2v) is 6.11. The first-order chi connectivity index (χ1) is 8.72. The van der Waals surface area contributed by atoms with Crippen LogP contribution in [0, 0.1) is 0 Å². The fourth-order valence-electron chi connectivity index (χ4n) is 2.78. The first-order valence-electron chi connectivity index (χ1n) is 6.92. The van der Waals surface area contributed by atoms with E-state index in [0.717, 1.165) is 6.54 Å². The molecule has 2 nitrogen and oxygen atoms in total. The van der Waals surface area contributed by atoms with E-state index in [0.29, 0.717) is 6.04 Å². The van der Waals surface area contributed by atoms with Gasteiger partial charge in [-0.1, -0.05) is 34.8 Å². The van der Waals surface area contributed by atoms with E-state index in [2.05, 4.69) is 51.3 Å². The zero-order chi connectivity index (χ0) is 13.0. The summed E-state index contributed by atoms with van der Waals surface area (Å²) in [5.74, 6) is 0. The summed E-state index contributed by atoms with van der Waals surface area (Å²) in [5.41, 5.74) is 2.79. The van der Waals surface area contributed by atoms with Crippen molar-refractivity contribution in [3.05, 3.63) is 28.2 Å². The van der Waals surface area contributed by atoms with Gasteiger partial charge >= 0.3 is 0 Å². The Morgan fingerprint density at radius 3 is 2.94 bits per heavy atom. The number of benzene rings is 1. The Balaban J connectivity index is 2.31. The first-order valence-corrected chi connectivity index (χ1v) is 7.71. The fourth-order valence-corrected chi connectivity index (χ4v) is 3.13. The number of nitrogens with zero attached hydrogens (tertiary/aromatic N) is 1. The molecule has 1 aromatic rings. The van der Waals surface area contributed by atoms with Crippen LogP contribution in [0.15, 0.2) is 22.7 Å². The van der Waals surface area contributed by atoms with Gasteiger partial charge < -0.3 is 10.2 Å². The van der Waals surface area contributed by atoms with Gasteiger partial charge in [0.1, 0.15) is 0 Å². The summed E-state index contributed by atoms with van der Waals surface area (Å²) in [4.78, 5) is 2.59. The van der Waals surface area contributed by atoms with Crippen LogP contribution in [0.1, 0.15) is 38.2 Å². The monoisotopic (exact) mass is 310 g/mol. The van der Waals surface area contributed by atoms with E-state index in [1.165, 1.54) is 48.0 Å². The van der Waals surface area contributed by atoms with Crippen LogP contribution >= 0.6 is 15.9 Å². The minimum atomic E-state index is 0.650. The van der Waals surface area contributed by atoms with Crippen molar-refractivity contribution in [3.63, 3.8) is 0 Å². The highest BCUT2D eigenvalue weighted by Crippen LogP contribution is 2.30. The largest absolute Gasteiger partial charge is 0.369 e. The quantitative estimate of drug-likeness (QED) is 0.909. The van der Waals surface area contributed by atoms with Crippen LogP contribution in [-0.2, 0) is 6.54 Å². The maximum absolute atomic E-state index is 3.61. The lowest BCUT2D eigenvalue weighted by molar-refractivity contribution is 0.613. The Kier molecular flexibility index (Phi) is 5.07. The van der Waals surface area contributed by atoms with Crippen LogP contribution in [0.4, 0.5) is 5.69 Å². The number of hydrogen-bond donors (Lipinski definition) is 1. The molecule has 0 radical (unpaired) electrons. The van der Waals surface area contributed by atoms with Crippen molar-refractivity contribution in [2.45, 2.75) is 45.2 Å². The van der Waals surface area contributed by atoms with Gasteiger partial charge in [0.25, 0.3) is 0 Å². The number of nitrogens with one attached hydrogen (secondary N) is 1. The highest BCUT2D eigenvalue weighted by molar-refractivity contribution is 9.10. The molecule has 18 heavy (non-hydrogen) atoms. The minimum Gasteiger partial charge on any atom is -0.369 e. The van der Waals surface area contributed by atoms with Crippen LogP contribution in [0.5, 0.6) is 0 Å². The van der Waals surface area contributed by atoms with E-state index < -0.39 is 0 Å². The predicted octanol–water partition coefficient (Wildman–Crippen LogP) is 3.94. The maximum atomic E-state index is 3.61. The molecule has 1 aromatic carbocycles. The fraction of sp³-hybridized carbons (Fsp3) is 0.600. The molecule has 0 spiro atoms. The summed E-state index contributed by atoms with van der Waals surface area (Å²) in [7, 11) is 2.01. The average molecular weight is 311 g/mol. The Hall–Kier alpha value is -0.540. The van der Waals surface area contributed by atoms with E-state index in [1.54, 1.807) is 0 Å². The highest BCUT2D eigenvalue weighted by Gasteiger charge is 2.19.